The number of piperazine rings is 1. The Morgan fingerprint density at radius 3 is 2.59 bits per heavy atom. The molecule has 0 atom stereocenters. The minimum absolute atomic E-state index is 0.0187. The molecule has 3 rings (SSSR count). The Labute approximate surface area is 177 Å². The first kappa shape index (κ1) is 21.3. The number of carbonyl (C=O) groups excluding carboxylic acids is 1. The Kier molecular flexibility index (Phi) is 7.66. The summed E-state index contributed by atoms with van der Waals surface area (Å²) in [6.07, 6.45) is 3.76. The van der Waals surface area contributed by atoms with E-state index in [2.05, 4.69) is 38.5 Å². The number of hydrogen-bond donors (Lipinski definition) is 2. The molecule has 1 amide bonds. The third-order valence-electron chi connectivity index (χ3n) is 5.10. The van der Waals surface area contributed by atoms with Crippen molar-refractivity contribution in [2.45, 2.75) is 26.9 Å². The number of nitrogens with zero attached hydrogens (tertiary/aromatic N) is 4. The summed E-state index contributed by atoms with van der Waals surface area (Å²) < 4.78 is 0. The highest BCUT2D eigenvalue weighted by atomic mass is 35.5. The van der Waals surface area contributed by atoms with Crippen molar-refractivity contribution >= 4 is 29.0 Å². The number of alkyl halides is 1. The average molecular weight is 417 g/mol. The fraction of sp³-hybridized carbons (Fsp3) is 0.476. The molecule has 1 saturated heterocycles. The molecule has 1 fully saturated rings. The molecule has 0 radical (unpaired) electrons. The molecule has 0 aromatic carbocycles. The van der Waals surface area contributed by atoms with Gasteiger partial charge in [-0.05, 0) is 43.2 Å². The fourth-order valence-corrected chi connectivity index (χ4v) is 3.52. The van der Waals surface area contributed by atoms with Crippen LogP contribution in [0.1, 0.15) is 23.7 Å². The van der Waals surface area contributed by atoms with E-state index < -0.39 is 0 Å². The average Bonchev–Trinajstić information content (AvgIpc) is 2.75. The van der Waals surface area contributed by atoms with Gasteiger partial charge in [-0.2, -0.15) is 0 Å². The van der Waals surface area contributed by atoms with E-state index in [1.165, 1.54) is 5.56 Å². The summed E-state index contributed by atoms with van der Waals surface area (Å²) in [6, 6.07) is 6.21. The summed E-state index contributed by atoms with van der Waals surface area (Å²) in [4.78, 5) is 24.9. The summed E-state index contributed by atoms with van der Waals surface area (Å²) in [7, 11) is 0. The first-order chi connectivity index (χ1) is 14.1. The number of amides is 1. The van der Waals surface area contributed by atoms with Gasteiger partial charge in [-0.15, -0.1) is 11.6 Å². The summed E-state index contributed by atoms with van der Waals surface area (Å²) in [5, 5.41) is 6.60. The lowest BCUT2D eigenvalue weighted by atomic mass is 10.1. The standard InChI is InChI=1S/C21H29ClN6O/c1-3-23-20-5-4-19(14-26-20)25-13-17-10-18(16(2)24-12-17)15-27-6-8-28(9-7-27)21(29)11-22/h4-5,10,12,14,25H,3,6-9,11,13,15H2,1-2H3,(H,23,26). The van der Waals surface area contributed by atoms with Gasteiger partial charge in [-0.1, -0.05) is 0 Å². The lowest BCUT2D eigenvalue weighted by Crippen LogP contribution is -2.48. The topological polar surface area (TPSA) is 73.4 Å². The molecule has 0 saturated carbocycles. The van der Waals surface area contributed by atoms with Gasteiger partial charge in [0.15, 0.2) is 0 Å². The van der Waals surface area contributed by atoms with Crippen molar-refractivity contribution < 1.29 is 4.79 Å². The second-order valence-corrected chi connectivity index (χ2v) is 7.46. The Hall–Kier alpha value is -2.38. The second kappa shape index (κ2) is 10.4. The number of pyridine rings is 2. The van der Waals surface area contributed by atoms with Gasteiger partial charge in [0.2, 0.25) is 5.91 Å². The van der Waals surface area contributed by atoms with Gasteiger partial charge in [0.1, 0.15) is 11.7 Å². The number of aryl methyl sites for hydroxylation is 1. The van der Waals surface area contributed by atoms with E-state index >= 15 is 0 Å². The fourth-order valence-electron chi connectivity index (χ4n) is 3.35. The van der Waals surface area contributed by atoms with Crippen LogP contribution >= 0.6 is 11.6 Å². The van der Waals surface area contributed by atoms with E-state index in [1.54, 1.807) is 0 Å². The van der Waals surface area contributed by atoms with Gasteiger partial charge < -0.3 is 15.5 Å². The number of carbonyl (C=O) groups is 1. The Morgan fingerprint density at radius 1 is 1.14 bits per heavy atom. The monoisotopic (exact) mass is 416 g/mol. The van der Waals surface area contributed by atoms with Gasteiger partial charge in [0.25, 0.3) is 0 Å². The van der Waals surface area contributed by atoms with E-state index in [-0.39, 0.29) is 11.8 Å². The van der Waals surface area contributed by atoms with Crippen LogP contribution in [0.3, 0.4) is 0 Å². The molecule has 0 bridgehead atoms. The van der Waals surface area contributed by atoms with Crippen LogP contribution in [-0.2, 0) is 17.9 Å². The minimum atomic E-state index is 0.0187. The highest BCUT2D eigenvalue weighted by Crippen LogP contribution is 2.15. The zero-order valence-corrected chi connectivity index (χ0v) is 17.9. The van der Waals surface area contributed by atoms with Crippen molar-refractivity contribution in [3.05, 3.63) is 47.4 Å². The molecular formula is C21H29ClN6O. The number of anilines is 2. The van der Waals surface area contributed by atoms with Crippen molar-refractivity contribution in [1.29, 1.82) is 0 Å². The lowest BCUT2D eigenvalue weighted by molar-refractivity contribution is -0.130. The minimum Gasteiger partial charge on any atom is -0.380 e. The predicted octanol–water partition coefficient (Wildman–Crippen LogP) is 2.71. The first-order valence-electron chi connectivity index (χ1n) is 10.0. The molecule has 7 nitrogen and oxygen atoms in total. The molecule has 2 aromatic heterocycles. The van der Waals surface area contributed by atoms with Gasteiger partial charge >= 0.3 is 0 Å². The quantitative estimate of drug-likeness (QED) is 0.644. The van der Waals surface area contributed by atoms with E-state index in [4.69, 9.17) is 11.6 Å². The van der Waals surface area contributed by atoms with Crippen LogP contribution in [0.25, 0.3) is 0 Å². The smallest absolute Gasteiger partial charge is 0.237 e. The van der Waals surface area contributed by atoms with Crippen molar-refractivity contribution in [1.82, 2.24) is 19.8 Å². The van der Waals surface area contributed by atoms with Gasteiger partial charge in [-0.3, -0.25) is 14.7 Å². The molecule has 2 N–H and O–H groups in total. The molecule has 0 unspecified atom stereocenters. The van der Waals surface area contributed by atoms with Gasteiger partial charge in [-0.25, -0.2) is 4.98 Å². The van der Waals surface area contributed by atoms with Crippen LogP contribution in [-0.4, -0.2) is 64.3 Å². The van der Waals surface area contributed by atoms with Crippen LogP contribution in [0.5, 0.6) is 0 Å². The van der Waals surface area contributed by atoms with E-state index in [1.807, 2.05) is 36.4 Å². The van der Waals surface area contributed by atoms with Crippen molar-refractivity contribution in [3.63, 3.8) is 0 Å². The lowest BCUT2D eigenvalue weighted by Gasteiger charge is -2.34. The highest BCUT2D eigenvalue weighted by Gasteiger charge is 2.20. The molecule has 1 aliphatic rings. The van der Waals surface area contributed by atoms with Crippen LogP contribution < -0.4 is 10.6 Å². The maximum absolute atomic E-state index is 11.7. The largest absolute Gasteiger partial charge is 0.380 e. The van der Waals surface area contributed by atoms with E-state index in [0.29, 0.717) is 6.54 Å². The summed E-state index contributed by atoms with van der Waals surface area (Å²) in [5.74, 6) is 0.959. The van der Waals surface area contributed by atoms with Crippen molar-refractivity contribution in [2.75, 3.05) is 49.2 Å². The second-order valence-electron chi connectivity index (χ2n) is 7.19. The van der Waals surface area contributed by atoms with E-state index in [0.717, 1.165) is 62.0 Å². The van der Waals surface area contributed by atoms with Crippen molar-refractivity contribution in [3.8, 4) is 0 Å². The third-order valence-corrected chi connectivity index (χ3v) is 5.33. The van der Waals surface area contributed by atoms with Crippen LogP contribution in [0.4, 0.5) is 11.5 Å². The predicted molar refractivity (Wildman–Crippen MR) is 117 cm³/mol. The van der Waals surface area contributed by atoms with Crippen LogP contribution in [0.15, 0.2) is 30.6 Å². The maximum Gasteiger partial charge on any atom is 0.237 e. The molecule has 0 aliphatic carbocycles. The highest BCUT2D eigenvalue weighted by molar-refractivity contribution is 6.27. The molecule has 156 valence electrons. The van der Waals surface area contributed by atoms with Crippen LogP contribution in [0, 0.1) is 6.92 Å². The summed E-state index contributed by atoms with van der Waals surface area (Å²) in [6.45, 7) is 9.66. The van der Waals surface area contributed by atoms with E-state index in [9.17, 15) is 4.79 Å². The maximum atomic E-state index is 11.7. The normalized spacial score (nSPS) is 14.7. The van der Waals surface area contributed by atoms with Gasteiger partial charge in [0, 0.05) is 57.7 Å². The Morgan fingerprint density at radius 2 is 1.93 bits per heavy atom. The molecule has 0 spiro atoms. The molecular weight excluding hydrogens is 388 g/mol. The van der Waals surface area contributed by atoms with Crippen LogP contribution in [0.2, 0.25) is 0 Å². The van der Waals surface area contributed by atoms with Gasteiger partial charge in [0.05, 0.1) is 11.9 Å². The number of nitrogens with one attached hydrogen (secondary N) is 2. The summed E-state index contributed by atoms with van der Waals surface area (Å²) >= 11 is 5.66. The third kappa shape index (κ3) is 6.05. The molecule has 8 heteroatoms. The number of hydrogen-bond acceptors (Lipinski definition) is 6. The molecule has 29 heavy (non-hydrogen) atoms. The number of rotatable bonds is 8. The SMILES string of the molecule is CCNc1ccc(NCc2cnc(C)c(CN3CCN(C(=O)CCl)CC3)c2)cn1. The molecule has 1 aliphatic heterocycles. The van der Waals surface area contributed by atoms with Crippen molar-refractivity contribution in [2.24, 2.45) is 0 Å². The summed E-state index contributed by atoms with van der Waals surface area (Å²) in [5.41, 5.74) is 4.39. The zero-order chi connectivity index (χ0) is 20.6. The Bertz CT molecular complexity index is 805. The zero-order valence-electron chi connectivity index (χ0n) is 17.1. The number of aromatic nitrogens is 2. The Balaban J connectivity index is 1.55. The first-order valence-corrected chi connectivity index (χ1v) is 10.6. The number of halogens is 1. The molecule has 2 aromatic rings. The molecule has 3 heterocycles.